The minimum absolute atomic E-state index is 0.211. The van der Waals surface area contributed by atoms with E-state index in [1.165, 1.54) is 11.5 Å². The summed E-state index contributed by atoms with van der Waals surface area (Å²) in [5.74, 6) is 0.587. The van der Waals surface area contributed by atoms with Crippen LogP contribution in [0.3, 0.4) is 0 Å². The van der Waals surface area contributed by atoms with E-state index in [9.17, 15) is 9.59 Å². The largest absolute Gasteiger partial charge is 0.468 e. The quantitative estimate of drug-likeness (QED) is 0.714. The predicted molar refractivity (Wildman–Crippen MR) is 70.7 cm³/mol. The Balaban J connectivity index is 1.98. The van der Waals surface area contributed by atoms with E-state index >= 15 is 0 Å². The summed E-state index contributed by atoms with van der Waals surface area (Å²) in [6.07, 6.45) is 3.94. The van der Waals surface area contributed by atoms with E-state index in [4.69, 9.17) is 0 Å². The number of rotatable bonds is 3. The molecule has 1 aliphatic rings. The van der Waals surface area contributed by atoms with Gasteiger partial charge in [-0.3, -0.25) is 4.79 Å². The van der Waals surface area contributed by atoms with Gasteiger partial charge in [-0.15, -0.1) is 5.10 Å². The van der Waals surface area contributed by atoms with Gasteiger partial charge in [0, 0.05) is 19.3 Å². The van der Waals surface area contributed by atoms with Crippen LogP contribution in [0.25, 0.3) is 5.78 Å². The number of hydrogen-bond donors (Lipinski definition) is 0. The first-order valence-corrected chi connectivity index (χ1v) is 6.47. The Morgan fingerprint density at radius 1 is 1.40 bits per heavy atom. The zero-order valence-electron chi connectivity index (χ0n) is 11.2. The predicted octanol–water partition coefficient (Wildman–Crippen LogP) is -0.336. The molecule has 0 unspecified atom stereocenters. The zero-order valence-corrected chi connectivity index (χ0v) is 11.2. The van der Waals surface area contributed by atoms with Gasteiger partial charge in [0.05, 0.1) is 7.11 Å². The summed E-state index contributed by atoms with van der Waals surface area (Å²) in [6.45, 7) is 1.73. The lowest BCUT2D eigenvalue weighted by atomic mass is 10.4. The minimum Gasteiger partial charge on any atom is -0.468 e. The average molecular weight is 277 g/mol. The Bertz CT molecular complexity index is 699. The first-order valence-electron chi connectivity index (χ1n) is 6.47. The van der Waals surface area contributed by atoms with Crippen molar-refractivity contribution in [2.45, 2.75) is 19.4 Å². The molecule has 3 heterocycles. The number of hydrogen-bond acceptors (Lipinski definition) is 6. The van der Waals surface area contributed by atoms with Crippen LogP contribution in [-0.2, 0) is 16.1 Å². The van der Waals surface area contributed by atoms with Crippen LogP contribution in [0.2, 0.25) is 0 Å². The maximum Gasteiger partial charge on any atom is 0.352 e. The molecule has 0 saturated carbocycles. The highest BCUT2D eigenvalue weighted by atomic mass is 16.5. The second-order valence-corrected chi connectivity index (χ2v) is 4.67. The SMILES string of the molecule is COC(=O)Cn1nc2nc(N3CCCC3)ccn2c1=O. The van der Waals surface area contributed by atoms with Crippen molar-refractivity contribution in [2.75, 3.05) is 25.1 Å². The maximum absolute atomic E-state index is 12.0. The molecule has 3 rings (SSSR count). The van der Waals surface area contributed by atoms with Gasteiger partial charge in [-0.2, -0.15) is 9.67 Å². The molecule has 0 aliphatic carbocycles. The van der Waals surface area contributed by atoms with Gasteiger partial charge < -0.3 is 9.64 Å². The molecular weight excluding hydrogens is 262 g/mol. The third kappa shape index (κ3) is 2.13. The third-order valence-electron chi connectivity index (χ3n) is 3.38. The number of nitrogens with zero attached hydrogens (tertiary/aromatic N) is 5. The van der Waals surface area contributed by atoms with Crippen molar-refractivity contribution in [3.8, 4) is 0 Å². The molecule has 0 spiro atoms. The van der Waals surface area contributed by atoms with E-state index in [0.29, 0.717) is 5.78 Å². The van der Waals surface area contributed by atoms with Gasteiger partial charge >= 0.3 is 11.7 Å². The van der Waals surface area contributed by atoms with E-state index < -0.39 is 11.7 Å². The molecule has 8 heteroatoms. The Hall–Kier alpha value is -2.38. The summed E-state index contributed by atoms with van der Waals surface area (Å²) in [6, 6.07) is 1.80. The second-order valence-electron chi connectivity index (χ2n) is 4.67. The summed E-state index contributed by atoms with van der Waals surface area (Å²) in [5.41, 5.74) is -0.397. The smallest absolute Gasteiger partial charge is 0.352 e. The van der Waals surface area contributed by atoms with E-state index in [2.05, 4.69) is 19.7 Å². The van der Waals surface area contributed by atoms with Gasteiger partial charge in [-0.1, -0.05) is 0 Å². The molecule has 2 aromatic rings. The minimum atomic E-state index is -0.518. The lowest BCUT2D eigenvalue weighted by Crippen LogP contribution is -2.25. The van der Waals surface area contributed by atoms with Gasteiger partial charge in [0.15, 0.2) is 0 Å². The highest BCUT2D eigenvalue weighted by molar-refractivity contribution is 5.68. The lowest BCUT2D eigenvalue weighted by molar-refractivity contribution is -0.141. The van der Waals surface area contributed by atoms with E-state index in [1.807, 2.05) is 0 Å². The molecule has 0 aromatic carbocycles. The Kier molecular flexibility index (Phi) is 3.13. The van der Waals surface area contributed by atoms with Crippen LogP contribution in [0, 0.1) is 0 Å². The fourth-order valence-electron chi connectivity index (χ4n) is 2.31. The summed E-state index contributed by atoms with van der Waals surface area (Å²) < 4.78 is 6.91. The molecule has 0 atom stereocenters. The number of carbonyl (C=O) groups excluding carboxylic acids is 1. The van der Waals surface area contributed by atoms with Gasteiger partial charge in [-0.05, 0) is 18.9 Å². The molecule has 1 aliphatic heterocycles. The van der Waals surface area contributed by atoms with Gasteiger partial charge in [0.25, 0.3) is 5.78 Å². The second kappa shape index (κ2) is 4.95. The standard InChI is InChI=1S/C12H15N5O3/c1-20-10(18)8-17-12(19)16-7-4-9(13-11(16)14-17)15-5-2-3-6-15/h4,7H,2-3,5-6,8H2,1H3. The van der Waals surface area contributed by atoms with E-state index in [-0.39, 0.29) is 6.54 Å². The van der Waals surface area contributed by atoms with Crippen LogP contribution in [-0.4, -0.2) is 45.3 Å². The van der Waals surface area contributed by atoms with Crippen LogP contribution in [0.4, 0.5) is 5.82 Å². The molecule has 0 amide bonds. The fourth-order valence-corrected chi connectivity index (χ4v) is 2.31. The molecule has 20 heavy (non-hydrogen) atoms. The summed E-state index contributed by atoms with van der Waals surface area (Å²) in [7, 11) is 1.27. The first kappa shape index (κ1) is 12.6. The first-order chi connectivity index (χ1) is 9.69. The fraction of sp³-hybridized carbons (Fsp3) is 0.500. The van der Waals surface area contributed by atoms with Gasteiger partial charge in [0.1, 0.15) is 12.4 Å². The molecule has 1 fully saturated rings. The zero-order chi connectivity index (χ0) is 14.1. The topological polar surface area (TPSA) is 81.7 Å². The number of fused-ring (bicyclic) bond motifs is 1. The number of anilines is 1. The Morgan fingerprint density at radius 2 is 2.15 bits per heavy atom. The number of aromatic nitrogens is 4. The van der Waals surface area contributed by atoms with Gasteiger partial charge in [0.2, 0.25) is 0 Å². The van der Waals surface area contributed by atoms with Crippen molar-refractivity contribution in [1.29, 1.82) is 0 Å². The van der Waals surface area contributed by atoms with Crippen molar-refractivity contribution in [3.05, 3.63) is 22.7 Å². The molecule has 0 radical (unpaired) electrons. The van der Waals surface area contributed by atoms with Crippen LogP contribution in [0.5, 0.6) is 0 Å². The molecule has 0 N–H and O–H groups in total. The molecule has 1 saturated heterocycles. The highest BCUT2D eigenvalue weighted by Gasteiger charge is 2.16. The van der Waals surface area contributed by atoms with Crippen molar-refractivity contribution in [1.82, 2.24) is 19.2 Å². The number of ether oxygens (including phenoxy) is 1. The van der Waals surface area contributed by atoms with Crippen molar-refractivity contribution in [2.24, 2.45) is 0 Å². The normalized spacial score (nSPS) is 14.9. The summed E-state index contributed by atoms with van der Waals surface area (Å²) in [4.78, 5) is 29.8. The van der Waals surface area contributed by atoms with Crippen molar-refractivity contribution in [3.63, 3.8) is 0 Å². The number of methoxy groups -OCH3 is 1. The summed E-state index contributed by atoms with van der Waals surface area (Å²) >= 11 is 0. The number of esters is 1. The summed E-state index contributed by atoms with van der Waals surface area (Å²) in [5, 5.41) is 4.06. The Morgan fingerprint density at radius 3 is 2.85 bits per heavy atom. The van der Waals surface area contributed by atoms with Crippen LogP contribution < -0.4 is 10.6 Å². The molecule has 106 valence electrons. The van der Waals surface area contributed by atoms with Crippen LogP contribution in [0.1, 0.15) is 12.8 Å². The van der Waals surface area contributed by atoms with Crippen molar-refractivity contribution < 1.29 is 9.53 Å². The number of carbonyl (C=O) groups is 1. The highest BCUT2D eigenvalue weighted by Crippen LogP contribution is 2.17. The third-order valence-corrected chi connectivity index (χ3v) is 3.38. The van der Waals surface area contributed by atoms with E-state index in [0.717, 1.165) is 36.4 Å². The Labute approximate surface area is 114 Å². The lowest BCUT2D eigenvalue weighted by Gasteiger charge is -2.15. The van der Waals surface area contributed by atoms with Crippen LogP contribution in [0.15, 0.2) is 17.1 Å². The monoisotopic (exact) mass is 277 g/mol. The molecular formula is C12H15N5O3. The van der Waals surface area contributed by atoms with E-state index in [1.54, 1.807) is 12.3 Å². The van der Waals surface area contributed by atoms with Gasteiger partial charge in [-0.25, -0.2) is 9.20 Å². The average Bonchev–Trinajstić information content (AvgIpc) is 3.08. The maximum atomic E-state index is 12.0. The molecule has 8 nitrogen and oxygen atoms in total. The van der Waals surface area contributed by atoms with Crippen molar-refractivity contribution >= 4 is 17.6 Å². The molecule has 0 bridgehead atoms. The molecule has 2 aromatic heterocycles. The van der Waals surface area contributed by atoms with Crippen LogP contribution >= 0.6 is 0 Å².